The van der Waals surface area contributed by atoms with E-state index >= 15 is 0 Å². The van der Waals surface area contributed by atoms with Crippen molar-refractivity contribution in [1.82, 2.24) is 0 Å². The normalized spacial score (nSPS) is 11.5. The van der Waals surface area contributed by atoms with Crippen LogP contribution in [0.4, 0.5) is 0 Å². The molecule has 0 spiro atoms. The van der Waals surface area contributed by atoms with Crippen molar-refractivity contribution in [3.8, 4) is 0 Å². The molecule has 21 heavy (non-hydrogen) atoms. The molecule has 0 unspecified atom stereocenters. The summed E-state index contributed by atoms with van der Waals surface area (Å²) < 4.78 is 3.24. The van der Waals surface area contributed by atoms with Crippen LogP contribution in [-0.4, -0.2) is 0 Å². The Morgan fingerprint density at radius 1 is 0.762 bits per heavy atom. The molecule has 4 rings (SSSR count). The van der Waals surface area contributed by atoms with Crippen molar-refractivity contribution in [1.29, 1.82) is 0 Å². The van der Waals surface area contributed by atoms with Gasteiger partial charge in [-0.25, -0.2) is 0 Å². The summed E-state index contributed by atoms with van der Waals surface area (Å²) in [5.41, 5.74) is 1.08. The maximum absolute atomic E-state index is 12.6. The summed E-state index contributed by atoms with van der Waals surface area (Å²) in [6.07, 6.45) is 0. The number of rotatable bonds is 0. The van der Waals surface area contributed by atoms with Crippen LogP contribution in [0.5, 0.6) is 0 Å². The molecule has 102 valence electrons. The lowest BCUT2D eigenvalue weighted by atomic mass is 10.1. The summed E-state index contributed by atoms with van der Waals surface area (Å²) in [5, 5.41) is 1.04. The molecule has 0 aromatic heterocycles. The highest BCUT2D eigenvalue weighted by Gasteiger charge is 2.09. The van der Waals surface area contributed by atoms with E-state index in [9.17, 15) is 9.59 Å². The molecule has 1 aliphatic heterocycles. The van der Waals surface area contributed by atoms with Crippen LogP contribution >= 0.6 is 22.7 Å². The van der Waals surface area contributed by atoms with E-state index in [1.54, 1.807) is 24.3 Å². The maximum atomic E-state index is 12.6. The summed E-state index contributed by atoms with van der Waals surface area (Å²) in [5.74, 6) is 0. The number of benzene rings is 2. The predicted molar refractivity (Wildman–Crippen MR) is 89.8 cm³/mol. The van der Waals surface area contributed by atoms with Gasteiger partial charge in [-0.15, -0.1) is 22.7 Å². The zero-order chi connectivity index (χ0) is 14.6. The van der Waals surface area contributed by atoms with Crippen LogP contribution in [0.15, 0.2) is 52.1 Å². The van der Waals surface area contributed by atoms with Gasteiger partial charge in [-0.3, -0.25) is 9.59 Å². The van der Waals surface area contributed by atoms with Crippen LogP contribution < -0.4 is 10.9 Å². The lowest BCUT2D eigenvalue weighted by Crippen LogP contribution is -2.13. The zero-order valence-electron chi connectivity index (χ0n) is 11.2. The summed E-state index contributed by atoms with van der Waals surface area (Å²) >= 11 is 2.83. The molecule has 4 heteroatoms. The summed E-state index contributed by atoms with van der Waals surface area (Å²) in [7, 11) is 0. The van der Waals surface area contributed by atoms with Gasteiger partial charge in [-0.05, 0) is 24.6 Å². The van der Waals surface area contributed by atoms with E-state index in [1.807, 2.05) is 19.1 Å². The molecule has 0 atom stereocenters. The highest BCUT2D eigenvalue weighted by Crippen LogP contribution is 2.25. The molecule has 0 N–H and O–H groups in total. The first kappa shape index (κ1) is 12.7. The Morgan fingerprint density at radius 3 is 1.95 bits per heavy atom. The van der Waals surface area contributed by atoms with Gasteiger partial charge in [0.1, 0.15) is 0 Å². The van der Waals surface area contributed by atoms with Crippen LogP contribution in [0.25, 0.3) is 20.2 Å². The predicted octanol–water partition coefficient (Wildman–Crippen LogP) is 3.87. The summed E-state index contributed by atoms with van der Waals surface area (Å²) in [4.78, 5) is 25.3. The quantitative estimate of drug-likeness (QED) is 0.494. The number of hydrogen-bond donors (Lipinski definition) is 0. The maximum Gasteiger partial charge on any atom is 0.205 e. The monoisotopic (exact) mass is 310 g/mol. The summed E-state index contributed by atoms with van der Waals surface area (Å²) in [6.45, 7) is 2.03. The van der Waals surface area contributed by atoms with Gasteiger partial charge in [0, 0.05) is 20.2 Å². The van der Waals surface area contributed by atoms with Gasteiger partial charge in [-0.1, -0.05) is 30.3 Å². The van der Waals surface area contributed by atoms with E-state index < -0.39 is 0 Å². The van der Waals surface area contributed by atoms with E-state index in [0.29, 0.717) is 19.8 Å². The second kappa shape index (κ2) is 4.48. The van der Waals surface area contributed by atoms with Crippen molar-refractivity contribution in [2.24, 2.45) is 0 Å². The fraction of sp³-hybridized carbons (Fsp3) is 0.0588. The molecule has 1 aliphatic carbocycles. The molecule has 2 nitrogen and oxygen atoms in total. The Balaban J connectivity index is 2.40. The minimum atomic E-state index is -0.0380. The van der Waals surface area contributed by atoms with Gasteiger partial charge in [0.25, 0.3) is 0 Å². The number of hydrogen-bond acceptors (Lipinski definition) is 4. The van der Waals surface area contributed by atoms with Crippen molar-refractivity contribution in [2.45, 2.75) is 6.92 Å². The topological polar surface area (TPSA) is 34.1 Å². The molecule has 0 bridgehead atoms. The van der Waals surface area contributed by atoms with E-state index in [2.05, 4.69) is 6.07 Å². The molecule has 0 saturated heterocycles. The van der Waals surface area contributed by atoms with Crippen molar-refractivity contribution >= 4 is 42.8 Å². The lowest BCUT2D eigenvalue weighted by molar-refractivity contribution is 1.52. The van der Waals surface area contributed by atoms with Crippen molar-refractivity contribution < 1.29 is 0 Å². The number of aryl methyl sites for hydroxylation is 1. The molecule has 0 radical (unpaired) electrons. The minimum Gasteiger partial charge on any atom is -0.288 e. The number of fused-ring (bicyclic) bond motifs is 2. The van der Waals surface area contributed by atoms with Crippen LogP contribution in [0.2, 0.25) is 0 Å². The Hall–Kier alpha value is -2.04. The van der Waals surface area contributed by atoms with Crippen LogP contribution in [0.1, 0.15) is 5.56 Å². The van der Waals surface area contributed by atoms with E-state index in [-0.39, 0.29) is 10.9 Å². The third-order valence-corrected chi connectivity index (χ3v) is 6.14. The minimum absolute atomic E-state index is 0.0372. The lowest BCUT2D eigenvalue weighted by Gasteiger charge is -2.01. The van der Waals surface area contributed by atoms with Crippen molar-refractivity contribution in [2.75, 3.05) is 0 Å². The van der Waals surface area contributed by atoms with Gasteiger partial charge in [0.15, 0.2) is 0 Å². The van der Waals surface area contributed by atoms with Crippen LogP contribution in [0.3, 0.4) is 0 Å². The fourth-order valence-corrected chi connectivity index (χ4v) is 4.94. The van der Waals surface area contributed by atoms with E-state index in [4.69, 9.17) is 0 Å². The second-order valence-corrected chi connectivity index (χ2v) is 7.12. The Labute approximate surface area is 127 Å². The molecule has 0 fully saturated rings. The standard InChI is InChI=1S/C17H10O2S2/c1-9-6-7-12-13(8-9)21-17-15(19)11-5-3-2-4-10(11)14(18)16(17)20-12/h2-8H,1H3. The highest BCUT2D eigenvalue weighted by atomic mass is 32.1. The van der Waals surface area contributed by atoms with Crippen LogP contribution in [0, 0.1) is 16.0 Å². The molecule has 0 saturated carbocycles. The Bertz CT molecular complexity index is 1190. The van der Waals surface area contributed by atoms with Gasteiger partial charge in [0.2, 0.25) is 10.9 Å². The van der Waals surface area contributed by atoms with Crippen molar-refractivity contribution in [3.63, 3.8) is 0 Å². The first-order valence-electron chi connectivity index (χ1n) is 6.54. The largest absolute Gasteiger partial charge is 0.288 e. The van der Waals surface area contributed by atoms with Gasteiger partial charge in [-0.2, -0.15) is 0 Å². The van der Waals surface area contributed by atoms with Crippen LogP contribution in [-0.2, 0) is 0 Å². The molecule has 2 aromatic rings. The van der Waals surface area contributed by atoms with Gasteiger partial charge >= 0.3 is 0 Å². The van der Waals surface area contributed by atoms with Gasteiger partial charge < -0.3 is 0 Å². The first-order chi connectivity index (χ1) is 10.1. The average molecular weight is 310 g/mol. The fourth-order valence-electron chi connectivity index (χ4n) is 2.51. The molecule has 2 aromatic carbocycles. The molecular formula is C17H10O2S2. The first-order valence-corrected chi connectivity index (χ1v) is 8.17. The average Bonchev–Trinajstić information content (AvgIpc) is 2.51. The Morgan fingerprint density at radius 2 is 1.33 bits per heavy atom. The zero-order valence-corrected chi connectivity index (χ0v) is 12.8. The molecule has 0 amide bonds. The smallest absolute Gasteiger partial charge is 0.205 e. The summed E-state index contributed by atoms with van der Waals surface area (Å²) in [6, 6.07) is 13.2. The second-order valence-electron chi connectivity index (χ2n) is 5.02. The molecule has 2 aliphatic rings. The van der Waals surface area contributed by atoms with Gasteiger partial charge in [0.05, 0.1) is 9.06 Å². The van der Waals surface area contributed by atoms with E-state index in [0.717, 1.165) is 15.0 Å². The molecular weight excluding hydrogens is 300 g/mol. The highest BCUT2D eigenvalue weighted by molar-refractivity contribution is 7.26. The van der Waals surface area contributed by atoms with Crippen molar-refractivity contribution in [3.05, 3.63) is 77.5 Å². The third-order valence-electron chi connectivity index (χ3n) is 3.56. The Kier molecular flexibility index (Phi) is 2.71. The molecule has 1 heterocycles. The third kappa shape index (κ3) is 1.83. The van der Waals surface area contributed by atoms with E-state index in [1.165, 1.54) is 22.7 Å². The SMILES string of the molecule is Cc1ccc2sc3c(=O)c4ccccc4c(=O)c=3sc2c1.